The van der Waals surface area contributed by atoms with Crippen molar-refractivity contribution >= 4 is 27.5 Å². The van der Waals surface area contributed by atoms with Crippen molar-refractivity contribution in [2.75, 3.05) is 30.3 Å². The number of hydrogen-bond donors (Lipinski definition) is 1. The average molecular weight is 518 g/mol. The molecular formula is C27H39N3O5S. The standard InChI is InChI=1S/C27H39N3O5S/c1-6-21(4)28-27(32)23(7-2)29(19-18-22-14-10-9-11-15-22)26(31)20-30(36(5,33)34)24-16-12-13-17-25(24)35-8-3/h9-17,21,23H,6-8,18-20H2,1-5H3,(H,28,32). The SMILES string of the molecule is CCOc1ccccc1N(CC(=O)N(CCc1ccccc1)C(CC)C(=O)NC(C)CC)S(C)(=O)=O. The van der Waals surface area contributed by atoms with E-state index in [4.69, 9.17) is 4.74 Å². The Morgan fingerprint density at radius 2 is 1.61 bits per heavy atom. The zero-order valence-corrected chi connectivity index (χ0v) is 22.8. The molecule has 36 heavy (non-hydrogen) atoms. The Labute approximate surface area is 215 Å². The van der Waals surface area contributed by atoms with E-state index < -0.39 is 28.5 Å². The van der Waals surface area contributed by atoms with Gasteiger partial charge in [0.25, 0.3) is 0 Å². The molecule has 0 aromatic heterocycles. The van der Waals surface area contributed by atoms with Crippen LogP contribution in [0, 0.1) is 0 Å². The lowest BCUT2D eigenvalue weighted by atomic mass is 10.1. The fourth-order valence-corrected chi connectivity index (χ4v) is 4.73. The largest absolute Gasteiger partial charge is 0.492 e. The van der Waals surface area contributed by atoms with E-state index in [0.29, 0.717) is 25.2 Å². The molecule has 0 heterocycles. The molecule has 8 nitrogen and oxygen atoms in total. The number of amides is 2. The maximum absolute atomic E-state index is 13.7. The second kappa shape index (κ2) is 13.9. The Bertz CT molecular complexity index is 1090. The Kier molecular flexibility index (Phi) is 11.2. The van der Waals surface area contributed by atoms with Crippen LogP contribution in [-0.4, -0.2) is 63.2 Å². The van der Waals surface area contributed by atoms with Crippen molar-refractivity contribution in [3.05, 3.63) is 60.2 Å². The summed E-state index contributed by atoms with van der Waals surface area (Å²) >= 11 is 0. The van der Waals surface area contributed by atoms with Crippen LogP contribution < -0.4 is 14.4 Å². The molecule has 0 saturated heterocycles. The van der Waals surface area contributed by atoms with Crippen molar-refractivity contribution in [3.8, 4) is 5.75 Å². The quantitative estimate of drug-likeness (QED) is 0.413. The first-order valence-electron chi connectivity index (χ1n) is 12.5. The van der Waals surface area contributed by atoms with Crippen LogP contribution in [0.1, 0.15) is 46.1 Å². The predicted octanol–water partition coefficient (Wildman–Crippen LogP) is 3.62. The number of carbonyl (C=O) groups is 2. The number of rotatable bonds is 14. The first-order valence-corrected chi connectivity index (χ1v) is 14.3. The van der Waals surface area contributed by atoms with Crippen molar-refractivity contribution in [2.24, 2.45) is 0 Å². The minimum atomic E-state index is -3.82. The average Bonchev–Trinajstić information content (AvgIpc) is 2.85. The van der Waals surface area contributed by atoms with Crippen LogP contribution in [-0.2, 0) is 26.0 Å². The minimum Gasteiger partial charge on any atom is -0.492 e. The summed E-state index contributed by atoms with van der Waals surface area (Å²) in [6.45, 7) is 7.73. The molecule has 0 fully saturated rings. The van der Waals surface area contributed by atoms with Crippen LogP contribution in [0.25, 0.3) is 0 Å². The second-order valence-electron chi connectivity index (χ2n) is 8.74. The van der Waals surface area contributed by atoms with Gasteiger partial charge < -0.3 is 15.0 Å². The van der Waals surface area contributed by atoms with Gasteiger partial charge in [0, 0.05) is 12.6 Å². The molecule has 2 unspecified atom stereocenters. The van der Waals surface area contributed by atoms with Gasteiger partial charge in [0.1, 0.15) is 18.3 Å². The van der Waals surface area contributed by atoms with Crippen molar-refractivity contribution < 1.29 is 22.7 Å². The lowest BCUT2D eigenvalue weighted by molar-refractivity contribution is -0.139. The number of anilines is 1. The van der Waals surface area contributed by atoms with E-state index in [-0.39, 0.29) is 24.2 Å². The fourth-order valence-electron chi connectivity index (χ4n) is 3.87. The summed E-state index contributed by atoms with van der Waals surface area (Å²) in [5.74, 6) is -0.321. The van der Waals surface area contributed by atoms with Crippen molar-refractivity contribution in [1.82, 2.24) is 10.2 Å². The molecular weight excluding hydrogens is 478 g/mol. The van der Waals surface area contributed by atoms with Gasteiger partial charge in [-0.05, 0) is 50.8 Å². The highest BCUT2D eigenvalue weighted by Crippen LogP contribution is 2.30. The number of nitrogens with one attached hydrogen (secondary N) is 1. The van der Waals surface area contributed by atoms with Crippen molar-refractivity contribution in [2.45, 2.75) is 59.0 Å². The third-order valence-electron chi connectivity index (χ3n) is 5.98. The number of hydrogen-bond acceptors (Lipinski definition) is 5. The summed E-state index contributed by atoms with van der Waals surface area (Å²) in [5, 5.41) is 2.97. The third-order valence-corrected chi connectivity index (χ3v) is 7.11. The van der Waals surface area contributed by atoms with E-state index in [1.807, 2.05) is 51.1 Å². The molecule has 0 bridgehead atoms. The molecule has 2 atom stereocenters. The van der Waals surface area contributed by atoms with Gasteiger partial charge >= 0.3 is 0 Å². The zero-order valence-electron chi connectivity index (χ0n) is 21.9. The molecule has 0 aliphatic rings. The molecule has 0 radical (unpaired) electrons. The summed E-state index contributed by atoms with van der Waals surface area (Å²) in [7, 11) is -3.82. The number of sulfonamides is 1. The van der Waals surface area contributed by atoms with Gasteiger partial charge in [-0.2, -0.15) is 0 Å². The van der Waals surface area contributed by atoms with E-state index >= 15 is 0 Å². The summed E-state index contributed by atoms with van der Waals surface area (Å²) < 4.78 is 32.3. The molecule has 0 saturated carbocycles. The van der Waals surface area contributed by atoms with Gasteiger partial charge in [-0.3, -0.25) is 13.9 Å². The number of ether oxygens (including phenoxy) is 1. The molecule has 2 aromatic carbocycles. The first kappa shape index (κ1) is 29.2. The van der Waals surface area contributed by atoms with Crippen LogP contribution in [0.3, 0.4) is 0 Å². The fraction of sp³-hybridized carbons (Fsp3) is 0.481. The summed E-state index contributed by atoms with van der Waals surface area (Å²) in [6, 6.07) is 15.6. The van der Waals surface area contributed by atoms with Crippen LogP contribution in [0.4, 0.5) is 5.69 Å². The Hall–Kier alpha value is -3.07. The maximum Gasteiger partial charge on any atom is 0.244 e. The van der Waals surface area contributed by atoms with Gasteiger partial charge in [0.2, 0.25) is 21.8 Å². The number of para-hydroxylation sites is 2. The molecule has 1 N–H and O–H groups in total. The Balaban J connectivity index is 2.41. The number of carbonyl (C=O) groups excluding carboxylic acids is 2. The number of benzene rings is 2. The zero-order chi connectivity index (χ0) is 26.7. The lowest BCUT2D eigenvalue weighted by Crippen LogP contribution is -2.54. The predicted molar refractivity (Wildman–Crippen MR) is 144 cm³/mol. The van der Waals surface area contributed by atoms with Crippen LogP contribution in [0.2, 0.25) is 0 Å². The normalized spacial score (nSPS) is 12.9. The van der Waals surface area contributed by atoms with Crippen molar-refractivity contribution in [1.29, 1.82) is 0 Å². The van der Waals surface area contributed by atoms with Gasteiger partial charge in [-0.25, -0.2) is 8.42 Å². The Morgan fingerprint density at radius 1 is 0.972 bits per heavy atom. The molecule has 0 aliphatic carbocycles. The molecule has 9 heteroatoms. The smallest absolute Gasteiger partial charge is 0.244 e. The van der Waals surface area contributed by atoms with Gasteiger partial charge in [0.05, 0.1) is 18.6 Å². The highest BCUT2D eigenvalue weighted by molar-refractivity contribution is 7.92. The highest BCUT2D eigenvalue weighted by atomic mass is 32.2. The van der Waals surface area contributed by atoms with Gasteiger partial charge in [0.15, 0.2) is 0 Å². The molecule has 2 aromatic rings. The highest BCUT2D eigenvalue weighted by Gasteiger charge is 2.32. The van der Waals surface area contributed by atoms with E-state index in [1.54, 1.807) is 31.2 Å². The molecule has 0 spiro atoms. The molecule has 2 amide bonds. The van der Waals surface area contributed by atoms with Crippen molar-refractivity contribution in [3.63, 3.8) is 0 Å². The van der Waals surface area contributed by atoms with E-state index in [1.165, 1.54) is 4.90 Å². The second-order valence-corrected chi connectivity index (χ2v) is 10.6. The van der Waals surface area contributed by atoms with Crippen LogP contribution >= 0.6 is 0 Å². The molecule has 2 rings (SSSR count). The lowest BCUT2D eigenvalue weighted by Gasteiger charge is -2.33. The van der Waals surface area contributed by atoms with E-state index in [0.717, 1.165) is 22.5 Å². The van der Waals surface area contributed by atoms with E-state index in [9.17, 15) is 18.0 Å². The van der Waals surface area contributed by atoms with E-state index in [2.05, 4.69) is 5.32 Å². The van der Waals surface area contributed by atoms with Crippen LogP contribution in [0.15, 0.2) is 54.6 Å². The topological polar surface area (TPSA) is 96.0 Å². The number of nitrogens with zero attached hydrogens (tertiary/aromatic N) is 2. The van der Waals surface area contributed by atoms with Gasteiger partial charge in [-0.1, -0.05) is 56.3 Å². The Morgan fingerprint density at radius 3 is 2.19 bits per heavy atom. The molecule has 198 valence electrons. The maximum atomic E-state index is 13.7. The summed E-state index contributed by atoms with van der Waals surface area (Å²) in [4.78, 5) is 28.4. The van der Waals surface area contributed by atoms with Gasteiger partial charge in [-0.15, -0.1) is 0 Å². The summed E-state index contributed by atoms with van der Waals surface area (Å²) in [5.41, 5.74) is 1.31. The minimum absolute atomic E-state index is 0.0387. The molecule has 0 aliphatic heterocycles. The summed E-state index contributed by atoms with van der Waals surface area (Å²) in [6.07, 6.45) is 2.76. The van der Waals surface area contributed by atoms with Crippen LogP contribution in [0.5, 0.6) is 5.75 Å². The first-order chi connectivity index (χ1) is 17.1. The third kappa shape index (κ3) is 8.26. The monoisotopic (exact) mass is 517 g/mol.